The average molecular weight is 279 g/mol. The van der Waals surface area contributed by atoms with Gasteiger partial charge in [0.2, 0.25) is 0 Å². The zero-order valence-electron chi connectivity index (χ0n) is 11.6. The van der Waals surface area contributed by atoms with Crippen LogP contribution in [0.25, 0.3) is 10.8 Å². The van der Waals surface area contributed by atoms with Gasteiger partial charge < -0.3 is 4.74 Å². The molecule has 2 rings (SSSR count). The number of benzene rings is 2. The van der Waals surface area contributed by atoms with Crippen LogP contribution in [0, 0.1) is 0 Å². The number of rotatable bonds is 3. The van der Waals surface area contributed by atoms with E-state index >= 15 is 0 Å². The third-order valence-corrected chi connectivity index (χ3v) is 2.81. The second-order valence-corrected chi connectivity index (χ2v) is 4.20. The minimum atomic E-state index is -0.208. The number of hydrogen-bond donors (Lipinski definition) is 0. The van der Waals surface area contributed by atoms with Crippen molar-refractivity contribution in [3.05, 3.63) is 47.0 Å². The molecule has 0 aliphatic heterocycles. The van der Waals surface area contributed by atoms with Gasteiger partial charge in [-0.2, -0.15) is 0 Å². The number of ether oxygens (including phenoxy) is 1. The largest absolute Gasteiger partial charge is 0.466 e. The van der Waals surface area contributed by atoms with E-state index < -0.39 is 0 Å². The molecule has 0 N–H and O–H groups in total. The van der Waals surface area contributed by atoms with Crippen molar-refractivity contribution in [2.45, 2.75) is 27.2 Å². The Hall–Kier alpha value is -1.54. The van der Waals surface area contributed by atoms with E-state index in [-0.39, 0.29) is 12.4 Å². The van der Waals surface area contributed by atoms with Gasteiger partial charge in [0.05, 0.1) is 13.0 Å². The molecule has 2 nitrogen and oxygen atoms in total. The lowest BCUT2D eigenvalue weighted by Gasteiger charge is -2.06. The average Bonchev–Trinajstić information content (AvgIpc) is 2.42. The van der Waals surface area contributed by atoms with Crippen molar-refractivity contribution in [3.8, 4) is 0 Å². The first-order valence-corrected chi connectivity index (χ1v) is 6.91. The van der Waals surface area contributed by atoms with Gasteiger partial charge in [-0.3, -0.25) is 4.79 Å². The monoisotopic (exact) mass is 278 g/mol. The molecule has 0 heterocycles. The van der Waals surface area contributed by atoms with Gasteiger partial charge in [0.1, 0.15) is 0 Å². The smallest absolute Gasteiger partial charge is 0.310 e. The molecule has 0 fully saturated rings. The zero-order valence-corrected chi connectivity index (χ0v) is 12.3. The highest BCUT2D eigenvalue weighted by molar-refractivity contribution is 6.31. The summed E-state index contributed by atoms with van der Waals surface area (Å²) in [5.74, 6) is -0.208. The summed E-state index contributed by atoms with van der Waals surface area (Å²) in [6.45, 7) is 6.21. The molecule has 2 aromatic carbocycles. The van der Waals surface area contributed by atoms with E-state index in [2.05, 4.69) is 0 Å². The first-order chi connectivity index (χ1) is 9.20. The fraction of sp³-hybridized carbons (Fsp3) is 0.312. The fourth-order valence-electron chi connectivity index (χ4n) is 1.83. The van der Waals surface area contributed by atoms with Gasteiger partial charge in [-0.1, -0.05) is 49.7 Å². The maximum Gasteiger partial charge on any atom is 0.310 e. The first-order valence-electron chi connectivity index (χ1n) is 6.53. The van der Waals surface area contributed by atoms with Crippen LogP contribution in [0.2, 0.25) is 5.02 Å². The molecule has 3 heteroatoms. The number of halogens is 1. The summed E-state index contributed by atoms with van der Waals surface area (Å²) in [7, 11) is 0. The SMILES string of the molecule is CC.CCOC(=O)Cc1cccc2ccc(Cl)cc12. The molecule has 0 aliphatic carbocycles. The van der Waals surface area contributed by atoms with Crippen LogP contribution in [0.4, 0.5) is 0 Å². The minimum absolute atomic E-state index is 0.208. The maximum atomic E-state index is 11.5. The molecule has 102 valence electrons. The summed E-state index contributed by atoms with van der Waals surface area (Å²) < 4.78 is 4.95. The third kappa shape index (κ3) is 4.25. The Morgan fingerprint density at radius 1 is 1.21 bits per heavy atom. The van der Waals surface area contributed by atoms with Crippen molar-refractivity contribution in [3.63, 3.8) is 0 Å². The molecule has 0 saturated heterocycles. The van der Waals surface area contributed by atoms with Crippen molar-refractivity contribution in [2.24, 2.45) is 0 Å². The van der Waals surface area contributed by atoms with Crippen LogP contribution >= 0.6 is 11.6 Å². The molecule has 0 unspecified atom stereocenters. The normalized spacial score (nSPS) is 9.68. The van der Waals surface area contributed by atoms with E-state index in [0.717, 1.165) is 16.3 Å². The van der Waals surface area contributed by atoms with E-state index in [9.17, 15) is 4.79 Å². The van der Waals surface area contributed by atoms with E-state index in [1.165, 1.54) is 0 Å². The first kappa shape index (κ1) is 15.5. The molecule has 0 radical (unpaired) electrons. The Labute approximate surface area is 119 Å². The lowest BCUT2D eigenvalue weighted by molar-refractivity contribution is -0.142. The second kappa shape index (κ2) is 7.80. The van der Waals surface area contributed by atoms with Gasteiger partial charge in [0, 0.05) is 5.02 Å². The molecule has 0 amide bonds. The molecular weight excluding hydrogens is 260 g/mol. The van der Waals surface area contributed by atoms with Crippen LogP contribution in [0.5, 0.6) is 0 Å². The van der Waals surface area contributed by atoms with Crippen LogP contribution in [0.1, 0.15) is 26.3 Å². The second-order valence-electron chi connectivity index (χ2n) is 3.76. The van der Waals surface area contributed by atoms with Crippen LogP contribution < -0.4 is 0 Å². The molecule has 0 spiro atoms. The number of fused-ring (bicyclic) bond motifs is 1. The fourth-order valence-corrected chi connectivity index (χ4v) is 2.00. The van der Waals surface area contributed by atoms with Crippen LogP contribution in [-0.4, -0.2) is 12.6 Å². The Bertz CT molecular complexity index is 549. The number of carbonyl (C=O) groups excluding carboxylic acids is 1. The highest BCUT2D eigenvalue weighted by Crippen LogP contribution is 2.23. The number of carbonyl (C=O) groups is 1. The summed E-state index contributed by atoms with van der Waals surface area (Å²) in [5.41, 5.74) is 0.948. The Kier molecular flexibility index (Phi) is 6.37. The molecule has 0 saturated carbocycles. The molecule has 0 atom stereocenters. The predicted octanol–water partition coefficient (Wildman–Crippen LogP) is 4.63. The highest BCUT2D eigenvalue weighted by atomic mass is 35.5. The van der Waals surface area contributed by atoms with E-state index in [1.54, 1.807) is 6.92 Å². The minimum Gasteiger partial charge on any atom is -0.466 e. The maximum absolute atomic E-state index is 11.5. The number of esters is 1. The highest BCUT2D eigenvalue weighted by Gasteiger charge is 2.07. The van der Waals surface area contributed by atoms with E-state index in [1.807, 2.05) is 50.2 Å². The van der Waals surface area contributed by atoms with Gasteiger partial charge >= 0.3 is 5.97 Å². The molecular formula is C16H19ClO2. The van der Waals surface area contributed by atoms with Crippen molar-refractivity contribution in [1.29, 1.82) is 0 Å². The van der Waals surface area contributed by atoms with Gasteiger partial charge in [0.25, 0.3) is 0 Å². The van der Waals surface area contributed by atoms with Crippen molar-refractivity contribution in [1.82, 2.24) is 0 Å². The van der Waals surface area contributed by atoms with Gasteiger partial charge in [0.15, 0.2) is 0 Å². The topological polar surface area (TPSA) is 26.3 Å². The van der Waals surface area contributed by atoms with Crippen LogP contribution in [-0.2, 0) is 16.0 Å². The molecule has 19 heavy (non-hydrogen) atoms. The Morgan fingerprint density at radius 3 is 2.63 bits per heavy atom. The Morgan fingerprint density at radius 2 is 1.95 bits per heavy atom. The van der Waals surface area contributed by atoms with Gasteiger partial charge in [-0.15, -0.1) is 0 Å². The molecule has 0 aliphatic rings. The zero-order chi connectivity index (χ0) is 14.3. The van der Waals surface area contributed by atoms with Crippen LogP contribution in [0.3, 0.4) is 0 Å². The third-order valence-electron chi connectivity index (χ3n) is 2.57. The lowest BCUT2D eigenvalue weighted by atomic mass is 10.0. The summed E-state index contributed by atoms with van der Waals surface area (Å²) in [4.78, 5) is 11.5. The van der Waals surface area contributed by atoms with Gasteiger partial charge in [-0.05, 0) is 35.4 Å². The molecule has 2 aromatic rings. The Balaban J connectivity index is 0.000000861. The van der Waals surface area contributed by atoms with Crippen LogP contribution in [0.15, 0.2) is 36.4 Å². The predicted molar refractivity (Wildman–Crippen MR) is 80.6 cm³/mol. The quantitative estimate of drug-likeness (QED) is 0.766. The summed E-state index contributed by atoms with van der Waals surface area (Å²) in [6.07, 6.45) is 0.283. The van der Waals surface area contributed by atoms with Crippen molar-refractivity contribution >= 4 is 28.3 Å². The van der Waals surface area contributed by atoms with Crippen molar-refractivity contribution < 1.29 is 9.53 Å². The molecule has 0 bridgehead atoms. The number of hydrogen-bond acceptors (Lipinski definition) is 2. The lowest BCUT2D eigenvalue weighted by Crippen LogP contribution is -2.07. The van der Waals surface area contributed by atoms with Crippen molar-refractivity contribution in [2.75, 3.05) is 6.61 Å². The summed E-state index contributed by atoms with van der Waals surface area (Å²) in [6, 6.07) is 11.5. The summed E-state index contributed by atoms with van der Waals surface area (Å²) >= 11 is 5.97. The van der Waals surface area contributed by atoms with Gasteiger partial charge in [-0.25, -0.2) is 0 Å². The van der Waals surface area contributed by atoms with E-state index in [4.69, 9.17) is 16.3 Å². The summed E-state index contributed by atoms with van der Waals surface area (Å²) in [5, 5.41) is 2.76. The molecule has 0 aromatic heterocycles. The van der Waals surface area contributed by atoms with E-state index in [0.29, 0.717) is 11.6 Å². The standard InChI is InChI=1S/C14H13ClO2.C2H6/c1-2-17-14(16)8-11-5-3-4-10-6-7-12(15)9-13(10)11;1-2/h3-7,9H,2,8H2,1H3;1-2H3.